The van der Waals surface area contributed by atoms with Crippen LogP contribution in [-0.2, 0) is 44.9 Å². The number of carbonyl (C=O) groups excluding carboxylic acids is 8. The molecule has 15 atom stereocenters. The highest BCUT2D eigenvalue weighted by molar-refractivity contribution is 7.14. The molecular weight excluding hydrogens is 1830 g/mol. The molecule has 9 N–H and O–H groups in total. The molecule has 15 rings (SSSR count). The van der Waals surface area contributed by atoms with E-state index in [2.05, 4.69) is 92.8 Å². The Bertz CT molecular complexity index is 6030. The number of amides is 8. The summed E-state index contributed by atoms with van der Waals surface area (Å²) in [6.45, 7) is 44.9. The van der Waals surface area contributed by atoms with Gasteiger partial charge in [-0.25, -0.2) is 19.9 Å². The van der Waals surface area contributed by atoms with Crippen LogP contribution in [0.1, 0.15) is 235 Å². The number of hydrogen-bond acceptors (Lipinski definition) is 24. The van der Waals surface area contributed by atoms with E-state index in [0.29, 0.717) is 74.8 Å². The van der Waals surface area contributed by atoms with Crippen molar-refractivity contribution in [1.82, 2.24) is 81.6 Å². The summed E-state index contributed by atoms with van der Waals surface area (Å²) < 4.78 is 15.8. The standard InChI is InChI=1S/2C26H32N4O4S.C26H36N4O3S.C25H30N4O4S/c2*1-14(2)23(21-11-22(31)29-34-21)26(33)30-12-15(3)10-20(30)25(32)28-16(4)18-6-8-19(9-7-18)24-17(5)27-13-35-24;1-15(19-8-10-20(11-9-19)23-17(3)27-14-34-23)28-16(2)22-12-21(32)13-30(22)25(33)24(26(5,6)7)29-18(4)31;1-14(2)22(20-10-21(30)28-33-20)25(32)29-12-15(3)9-19(29)24(31)26-11-17-5-7-18(8-6-17)23-16(4)27-13-34-23/h2*6-9,11,13-16,20,23H,10,12H2,1-5H3,(H,28,32)(H,29,31);8-11,14-15,21-22,24,28,32H,2,12-13H2,1,3-7H3,(H,29,31);5-8,10,13-15,19,22H,9,11-12H2,1-4H3,(H,26,31)(H,28,30)/t15-,16+,20+,23+;15-,16+,20+,23-;15-,21+,22-,24+;15-,19+,22?/m1101/s1. The Morgan fingerprint density at radius 1 is 0.428 bits per heavy atom. The van der Waals surface area contributed by atoms with Crippen molar-refractivity contribution in [1.29, 1.82) is 0 Å². The Morgan fingerprint density at radius 3 is 1.00 bits per heavy atom. The zero-order valence-electron chi connectivity index (χ0n) is 82.1. The van der Waals surface area contributed by atoms with Gasteiger partial charge in [-0.05, 0) is 153 Å². The van der Waals surface area contributed by atoms with Crippen molar-refractivity contribution in [2.24, 2.45) is 40.9 Å². The quantitative estimate of drug-likeness (QED) is 0.0220. The number of nitrogens with zero attached hydrogens (tertiary/aromatic N) is 8. The van der Waals surface area contributed by atoms with Crippen LogP contribution in [0.5, 0.6) is 0 Å². The van der Waals surface area contributed by atoms with Gasteiger partial charge < -0.3 is 64.9 Å². The van der Waals surface area contributed by atoms with E-state index >= 15 is 0 Å². The molecule has 4 saturated heterocycles. The van der Waals surface area contributed by atoms with Crippen LogP contribution >= 0.6 is 45.3 Å². The molecule has 7 aromatic heterocycles. The summed E-state index contributed by atoms with van der Waals surface area (Å²) in [7, 11) is 0. The number of nitrogens with one attached hydrogen (secondary N) is 8. The third-order valence-corrected chi connectivity index (χ3v) is 29.8. The molecule has 8 amide bonds. The second kappa shape index (κ2) is 46.0. The Hall–Kier alpha value is -12.3. The highest BCUT2D eigenvalue weighted by Crippen LogP contribution is 2.40. The van der Waals surface area contributed by atoms with E-state index in [-0.39, 0.29) is 130 Å². The van der Waals surface area contributed by atoms with Crippen LogP contribution in [0, 0.1) is 68.6 Å². The van der Waals surface area contributed by atoms with Crippen molar-refractivity contribution in [2.75, 3.05) is 26.2 Å². The smallest absolute Gasteiger partial charge is 0.280 e. The number of aromatic nitrogens is 7. The number of aryl methyl sites for hydroxylation is 4. The first-order valence-corrected chi connectivity index (χ1v) is 50.5. The lowest BCUT2D eigenvalue weighted by Crippen LogP contribution is -2.56. The van der Waals surface area contributed by atoms with E-state index in [9.17, 15) is 57.8 Å². The molecule has 4 fully saturated rings. The lowest BCUT2D eigenvalue weighted by Gasteiger charge is -2.36. The number of rotatable bonds is 28. The first kappa shape index (κ1) is 105. The number of hydrogen-bond donors (Lipinski definition) is 9. The minimum atomic E-state index is -0.689. The van der Waals surface area contributed by atoms with Gasteiger partial charge in [-0.15, -0.1) is 45.3 Å². The van der Waals surface area contributed by atoms with Crippen molar-refractivity contribution in [2.45, 2.75) is 243 Å². The molecule has 0 aliphatic carbocycles. The molecule has 11 heterocycles. The minimum absolute atomic E-state index is 0.0347. The topological polar surface area (TPSA) is 419 Å². The van der Waals surface area contributed by atoms with E-state index in [1.165, 1.54) is 30.0 Å². The third-order valence-electron chi connectivity index (χ3n) is 25.9. The third kappa shape index (κ3) is 25.6. The summed E-state index contributed by atoms with van der Waals surface area (Å²) >= 11 is 6.45. The predicted molar refractivity (Wildman–Crippen MR) is 537 cm³/mol. The lowest BCUT2D eigenvalue weighted by atomic mass is 9.85. The van der Waals surface area contributed by atoms with Gasteiger partial charge in [0.25, 0.3) is 16.7 Å². The second-order valence-corrected chi connectivity index (χ2v) is 42.6. The Balaban J connectivity index is 0.000000165. The van der Waals surface area contributed by atoms with Crippen LogP contribution in [-0.4, -0.2) is 170 Å². The molecule has 4 aromatic carbocycles. The Kier molecular flexibility index (Phi) is 34.8. The largest absolute Gasteiger partial charge is 0.391 e. The average molecular weight is 1960 g/mol. The van der Waals surface area contributed by atoms with Gasteiger partial charge in [0, 0.05) is 76.0 Å². The molecule has 4 aliphatic rings. The van der Waals surface area contributed by atoms with Crippen LogP contribution < -0.4 is 43.3 Å². The van der Waals surface area contributed by atoms with Crippen LogP contribution in [0.2, 0.25) is 0 Å². The highest BCUT2D eigenvalue weighted by atomic mass is 32.1. The number of β-amino-alcohol motifs (C(OH)–C–C–N with tert-alkyl or cyclic N) is 1. The molecule has 1 unspecified atom stereocenters. The zero-order valence-corrected chi connectivity index (χ0v) is 85.4. The summed E-state index contributed by atoms with van der Waals surface area (Å²) in [6.07, 6.45) is 1.56. The monoisotopic (exact) mass is 1960 g/mol. The van der Waals surface area contributed by atoms with E-state index in [4.69, 9.17) is 13.6 Å². The summed E-state index contributed by atoms with van der Waals surface area (Å²) in [4.78, 5) is 169. The molecule has 35 heteroatoms. The van der Waals surface area contributed by atoms with Gasteiger partial charge in [-0.1, -0.05) is 187 Å². The maximum Gasteiger partial charge on any atom is 0.280 e. The van der Waals surface area contributed by atoms with Gasteiger partial charge in [0.15, 0.2) is 17.3 Å². The summed E-state index contributed by atoms with van der Waals surface area (Å²) in [5.74, 6) is -2.21. The van der Waals surface area contributed by atoms with Crippen molar-refractivity contribution >= 4 is 92.6 Å². The molecule has 11 aromatic rings. The number of H-pyrrole nitrogens is 3. The van der Waals surface area contributed by atoms with E-state index in [0.717, 1.165) is 81.9 Å². The molecule has 736 valence electrons. The van der Waals surface area contributed by atoms with Gasteiger partial charge in [0.1, 0.15) is 41.9 Å². The van der Waals surface area contributed by atoms with Crippen molar-refractivity contribution < 1.29 is 57.0 Å². The van der Waals surface area contributed by atoms with Crippen LogP contribution in [0.15, 0.2) is 178 Å². The maximum atomic E-state index is 13.6. The SMILES string of the molecule is C=C(N[C@@H](C)c1ccc(-c2scnc2C)cc1)[C@@H]1C[C@@H](O)CN1C(=O)[C@@H](NC(C)=O)C(C)(C)C.Cc1ncsc1-c1ccc(CNC(=O)[C@@H]2C[C@@H](C)CN2C(=O)C(c2cc(=O)[nH]o2)C(C)C)cc1.Cc1ncsc1-c1ccc([C@H](C)NC(=O)[C@@H]2C[C@@H](C)CN2C(=O)[C@@H](c2cc(=O)[nH]o2)C(C)C)cc1.Cc1ncsc1-c1ccc([C@H](C)NC(=O)[C@@H]2C[C@@H](C)CN2C(=O)[C@H](c2cc(=O)[nH]o2)C(C)C)cc1. The van der Waals surface area contributed by atoms with Crippen LogP contribution in [0.4, 0.5) is 0 Å². The minimum Gasteiger partial charge on any atom is -0.391 e. The predicted octanol–water partition coefficient (Wildman–Crippen LogP) is 16.0. The van der Waals surface area contributed by atoms with Crippen molar-refractivity contribution in [3.63, 3.8) is 0 Å². The molecule has 31 nitrogen and oxygen atoms in total. The van der Waals surface area contributed by atoms with E-state index in [1.54, 1.807) is 64.9 Å². The molecule has 0 bridgehead atoms. The van der Waals surface area contributed by atoms with Crippen molar-refractivity contribution in [3.05, 3.63) is 243 Å². The molecule has 4 aliphatic heterocycles. The Morgan fingerprint density at radius 2 is 0.725 bits per heavy atom. The number of carbonyl (C=O) groups is 8. The summed E-state index contributed by atoms with van der Waals surface area (Å²) in [5, 5.41) is 32.6. The number of likely N-dealkylation sites (tertiary alicyclic amines) is 4. The molecular formula is C103H130N16O15S4. The molecule has 0 spiro atoms. The van der Waals surface area contributed by atoms with Gasteiger partial charge in [-0.2, -0.15) is 15.5 Å². The molecule has 138 heavy (non-hydrogen) atoms. The first-order valence-electron chi connectivity index (χ1n) is 47.0. The fraction of sp³-hybridized carbons (Fsp3) is 0.466. The number of thiazole rings is 4. The zero-order chi connectivity index (χ0) is 100. The highest BCUT2D eigenvalue weighted by Gasteiger charge is 2.48. The second-order valence-electron chi connectivity index (χ2n) is 39.1. The number of benzene rings is 4. The molecule has 0 saturated carbocycles. The Labute approximate surface area is 820 Å². The normalized spacial score (nSPS) is 19.6. The fourth-order valence-corrected chi connectivity index (χ4v) is 21.8. The maximum absolute atomic E-state index is 13.6. The average Bonchev–Trinajstić information content (AvgIpc) is 1.65. The van der Waals surface area contributed by atoms with Gasteiger partial charge >= 0.3 is 0 Å². The van der Waals surface area contributed by atoms with E-state index < -0.39 is 53.4 Å². The first-order chi connectivity index (χ1) is 65.4. The van der Waals surface area contributed by atoms with Crippen LogP contribution in [0.25, 0.3) is 41.8 Å². The molecule has 0 radical (unpaired) electrons. The number of aliphatic hydroxyl groups excluding tert-OH is 1. The van der Waals surface area contributed by atoms with E-state index in [1.807, 2.05) is 226 Å². The lowest BCUT2D eigenvalue weighted by molar-refractivity contribution is -0.141. The number of aromatic amines is 3. The fourth-order valence-electron chi connectivity index (χ4n) is 18.5. The van der Waals surface area contributed by atoms with Crippen molar-refractivity contribution in [3.8, 4) is 41.8 Å². The van der Waals surface area contributed by atoms with Gasteiger partial charge in [0.05, 0.1) is 88.6 Å². The summed E-state index contributed by atoms with van der Waals surface area (Å²) in [6, 6.07) is 33.4. The number of aliphatic hydroxyl groups is 1. The summed E-state index contributed by atoms with van der Waals surface area (Å²) in [5.41, 5.74) is 19.0. The van der Waals surface area contributed by atoms with Gasteiger partial charge in [-0.3, -0.25) is 52.7 Å². The van der Waals surface area contributed by atoms with Crippen LogP contribution in [0.3, 0.4) is 0 Å². The van der Waals surface area contributed by atoms with Gasteiger partial charge in [0.2, 0.25) is 47.3 Å².